The van der Waals surface area contributed by atoms with Crippen LogP contribution in [0.4, 0.5) is 16.2 Å². The van der Waals surface area contributed by atoms with Crippen LogP contribution in [0.3, 0.4) is 0 Å². The third-order valence-electron chi connectivity index (χ3n) is 7.01. The molecule has 3 aromatic rings. The number of anilines is 2. The first kappa shape index (κ1) is 41.5. The number of hydrogen-bond acceptors (Lipinski definition) is 6. The van der Waals surface area contributed by atoms with E-state index in [9.17, 15) is 14.4 Å². The van der Waals surface area contributed by atoms with Crippen LogP contribution in [0.2, 0.25) is 0 Å². The maximum Gasteiger partial charge on any atom is 0.410 e. The molecular weight excluding hydrogens is 663 g/mol. The predicted molar refractivity (Wildman–Crippen MR) is 178 cm³/mol. The van der Waals surface area contributed by atoms with Gasteiger partial charge < -0.3 is 38.1 Å². The molecule has 0 bridgehead atoms. The van der Waals surface area contributed by atoms with Gasteiger partial charge >= 0.3 is 6.09 Å². The third-order valence-corrected chi connectivity index (χ3v) is 7.01. The summed E-state index contributed by atoms with van der Waals surface area (Å²) in [5.74, 6) is -0.00246. The van der Waals surface area contributed by atoms with Crippen molar-refractivity contribution in [1.29, 1.82) is 0 Å². The molecule has 2 aliphatic rings. The SMILES string of the molecule is C.CO.O=C(Nc1ccccc1)[C@@H]1CCCN(C(=O)OCc2ccccc2)C1.O=C(Nc1ccccc1)[C@@H]1CCCNC1.[CH3-].[Pd]. The molecule has 0 unspecified atom stereocenters. The second kappa shape index (κ2) is 23.8. The van der Waals surface area contributed by atoms with Gasteiger partial charge in [-0.2, -0.15) is 0 Å². The Morgan fingerprint density at radius 2 is 1.29 bits per heavy atom. The van der Waals surface area contributed by atoms with Crippen LogP contribution in [0.15, 0.2) is 91.0 Å². The summed E-state index contributed by atoms with van der Waals surface area (Å²) in [6.45, 7) is 3.11. The summed E-state index contributed by atoms with van der Waals surface area (Å²) in [6.07, 6.45) is 3.30. The van der Waals surface area contributed by atoms with Gasteiger partial charge in [-0.25, -0.2) is 4.79 Å². The molecule has 10 heteroatoms. The van der Waals surface area contributed by atoms with Crippen LogP contribution in [0, 0.1) is 19.3 Å². The number of amides is 3. The average Bonchev–Trinajstić information content (AvgIpc) is 3.07. The van der Waals surface area contributed by atoms with Gasteiger partial charge in [0.2, 0.25) is 11.8 Å². The number of para-hydroxylation sites is 2. The molecule has 250 valence electrons. The summed E-state index contributed by atoms with van der Waals surface area (Å²) < 4.78 is 5.37. The van der Waals surface area contributed by atoms with Crippen LogP contribution < -0.4 is 16.0 Å². The molecule has 2 fully saturated rings. The number of aliphatic hydroxyl groups excluding tert-OH is 1. The predicted octanol–water partition coefficient (Wildman–Crippen LogP) is 5.99. The molecule has 2 saturated heterocycles. The van der Waals surface area contributed by atoms with Crippen molar-refractivity contribution in [3.63, 3.8) is 0 Å². The summed E-state index contributed by atoms with van der Waals surface area (Å²) in [5, 5.41) is 16.1. The molecule has 0 aromatic heterocycles. The smallest absolute Gasteiger partial charge is 0.410 e. The Labute approximate surface area is 282 Å². The minimum absolute atomic E-state index is 0. The van der Waals surface area contributed by atoms with E-state index >= 15 is 0 Å². The number of carbonyl (C=O) groups is 3. The number of aliphatic hydroxyl groups is 1. The standard InChI is InChI=1S/C20H22N2O3.C12H16N2O.CH4O.CH4.CH3.Pd/c23-19(21-18-11-5-2-6-12-18)17-10-7-13-22(14-17)20(24)25-15-16-8-3-1-4-9-16;15-12(10-5-4-8-13-9-10)14-11-6-2-1-3-7-11;1-2;;;/h1-6,8-9,11-12,17H,7,10,13-15H2,(H,21,23);1-3,6-7,10,13H,4-5,8-9H2,(H,14,15);2H,1H3;1H4;1H3;/q;;;;-1;/t17-;10-;;;;/m11..../s1. The molecule has 3 aromatic carbocycles. The minimum Gasteiger partial charge on any atom is -0.445 e. The fourth-order valence-corrected chi connectivity index (χ4v) is 4.77. The van der Waals surface area contributed by atoms with Gasteiger partial charge in [0.25, 0.3) is 0 Å². The first-order valence-electron chi connectivity index (χ1n) is 14.4. The fraction of sp³-hybridized carbons (Fsp3) is 0.371. The molecule has 0 aliphatic carbocycles. The van der Waals surface area contributed by atoms with Crippen LogP contribution in [-0.4, -0.2) is 61.2 Å². The number of nitrogens with zero attached hydrogens (tertiary/aromatic N) is 1. The first-order valence-corrected chi connectivity index (χ1v) is 14.4. The summed E-state index contributed by atoms with van der Waals surface area (Å²) in [7, 11) is 1.00. The molecule has 4 N–H and O–H groups in total. The van der Waals surface area contributed by atoms with E-state index in [0.29, 0.717) is 13.1 Å². The molecule has 9 nitrogen and oxygen atoms in total. The van der Waals surface area contributed by atoms with E-state index in [1.165, 1.54) is 0 Å². The molecule has 3 amide bonds. The van der Waals surface area contributed by atoms with E-state index in [0.717, 1.165) is 62.8 Å². The van der Waals surface area contributed by atoms with Crippen molar-refractivity contribution in [1.82, 2.24) is 10.2 Å². The Morgan fingerprint density at radius 1 is 0.800 bits per heavy atom. The van der Waals surface area contributed by atoms with Crippen molar-refractivity contribution in [2.75, 3.05) is 43.9 Å². The number of piperidine rings is 2. The van der Waals surface area contributed by atoms with Crippen LogP contribution >= 0.6 is 0 Å². The van der Waals surface area contributed by atoms with Crippen molar-refractivity contribution in [2.45, 2.75) is 39.7 Å². The molecule has 0 spiro atoms. The molecule has 0 radical (unpaired) electrons. The van der Waals surface area contributed by atoms with Crippen molar-refractivity contribution in [3.8, 4) is 0 Å². The summed E-state index contributed by atoms with van der Waals surface area (Å²) >= 11 is 0. The second-order valence-electron chi connectivity index (χ2n) is 10.1. The number of likely N-dealkylation sites (tertiary alicyclic amines) is 1. The van der Waals surface area contributed by atoms with Gasteiger partial charge in [0.1, 0.15) is 6.61 Å². The Morgan fingerprint density at radius 3 is 1.80 bits per heavy atom. The van der Waals surface area contributed by atoms with Gasteiger partial charge in [-0.1, -0.05) is 74.2 Å². The van der Waals surface area contributed by atoms with Gasteiger partial charge in [-0.15, -0.1) is 0 Å². The minimum atomic E-state index is -0.360. The molecule has 45 heavy (non-hydrogen) atoms. The zero-order valence-electron chi connectivity index (χ0n) is 25.5. The van der Waals surface area contributed by atoms with Gasteiger partial charge in [0.15, 0.2) is 0 Å². The third kappa shape index (κ3) is 14.9. The van der Waals surface area contributed by atoms with E-state index in [-0.39, 0.29) is 71.6 Å². The number of rotatable bonds is 6. The van der Waals surface area contributed by atoms with Crippen molar-refractivity contribution < 1.29 is 44.6 Å². The number of carbonyl (C=O) groups excluding carboxylic acids is 3. The number of hydrogen-bond donors (Lipinski definition) is 4. The number of nitrogens with one attached hydrogen (secondary N) is 3. The topological polar surface area (TPSA) is 120 Å². The summed E-state index contributed by atoms with van der Waals surface area (Å²) in [6, 6.07) is 28.6. The van der Waals surface area contributed by atoms with Gasteiger partial charge in [-0.3, -0.25) is 9.59 Å². The molecular formula is C35H49N4O5Pd-. The Balaban J connectivity index is 0.000000839. The largest absolute Gasteiger partial charge is 0.445 e. The van der Waals surface area contributed by atoms with E-state index in [1.807, 2.05) is 91.0 Å². The zero-order valence-corrected chi connectivity index (χ0v) is 27.1. The van der Waals surface area contributed by atoms with Crippen LogP contribution in [-0.2, 0) is 41.4 Å². The second-order valence-corrected chi connectivity index (χ2v) is 10.1. The number of benzene rings is 3. The first-order chi connectivity index (χ1) is 20.6. The summed E-state index contributed by atoms with van der Waals surface area (Å²) in [4.78, 5) is 38.1. The summed E-state index contributed by atoms with van der Waals surface area (Å²) in [5.41, 5.74) is 2.61. The molecule has 2 heterocycles. The average molecular weight is 712 g/mol. The van der Waals surface area contributed by atoms with E-state index in [2.05, 4.69) is 16.0 Å². The number of ether oxygens (including phenoxy) is 1. The van der Waals surface area contributed by atoms with E-state index < -0.39 is 0 Å². The quantitative estimate of drug-likeness (QED) is 0.184. The van der Waals surface area contributed by atoms with Crippen molar-refractivity contribution in [2.24, 2.45) is 11.8 Å². The Kier molecular flexibility index (Phi) is 21.9. The Hall–Kier alpha value is -3.55. The van der Waals surface area contributed by atoms with Gasteiger partial charge in [0, 0.05) is 58.5 Å². The maximum absolute atomic E-state index is 12.4. The van der Waals surface area contributed by atoms with Gasteiger partial charge in [0.05, 0.1) is 11.8 Å². The Bertz CT molecular complexity index is 1210. The van der Waals surface area contributed by atoms with Crippen molar-refractivity contribution in [3.05, 3.63) is 104 Å². The molecule has 2 aliphatic heterocycles. The van der Waals surface area contributed by atoms with Crippen molar-refractivity contribution >= 4 is 29.3 Å². The van der Waals surface area contributed by atoms with Crippen LogP contribution in [0.1, 0.15) is 38.7 Å². The normalized spacial score (nSPS) is 16.5. The molecule has 0 saturated carbocycles. The molecule has 2 atom stereocenters. The zero-order chi connectivity index (χ0) is 30.0. The van der Waals surface area contributed by atoms with E-state index in [4.69, 9.17) is 9.84 Å². The molecule has 5 rings (SSSR count). The van der Waals surface area contributed by atoms with Crippen LogP contribution in [0.5, 0.6) is 0 Å². The maximum atomic E-state index is 12.4. The van der Waals surface area contributed by atoms with E-state index in [1.54, 1.807) is 4.90 Å². The fourth-order valence-electron chi connectivity index (χ4n) is 4.77. The van der Waals surface area contributed by atoms with Gasteiger partial charge in [-0.05, 0) is 62.1 Å². The monoisotopic (exact) mass is 711 g/mol. The van der Waals surface area contributed by atoms with Crippen LogP contribution in [0.25, 0.3) is 0 Å².